The maximum atomic E-state index is 6.00. The molecule has 0 aliphatic rings. The van der Waals surface area contributed by atoms with E-state index >= 15 is 0 Å². The van der Waals surface area contributed by atoms with Crippen molar-refractivity contribution in [3.63, 3.8) is 0 Å². The number of hydrogen-bond acceptors (Lipinski definition) is 2. The summed E-state index contributed by atoms with van der Waals surface area (Å²) in [6.07, 6.45) is 0. The van der Waals surface area contributed by atoms with Gasteiger partial charge < -0.3 is 14.9 Å². The van der Waals surface area contributed by atoms with Gasteiger partial charge in [-0.15, -0.1) is 11.3 Å². The van der Waals surface area contributed by atoms with E-state index in [9.17, 15) is 0 Å². The van der Waals surface area contributed by atoms with Gasteiger partial charge in [-0.25, -0.2) is 0 Å². The molecule has 0 aliphatic heterocycles. The average molecular weight is 682 g/mol. The van der Waals surface area contributed by atoms with Crippen LogP contribution in [0.25, 0.3) is 97.4 Å². The largest absolute Gasteiger partial charge is 0.399 e. The van der Waals surface area contributed by atoms with E-state index in [0.29, 0.717) is 0 Å². The first-order valence-electron chi connectivity index (χ1n) is 17.6. The molecule has 8 aromatic carbocycles. The van der Waals surface area contributed by atoms with Crippen molar-refractivity contribution in [3.05, 3.63) is 176 Å². The maximum absolute atomic E-state index is 6.00. The number of para-hydroxylation sites is 4. The highest BCUT2D eigenvalue weighted by Gasteiger charge is 2.19. The Labute approximate surface area is 304 Å². The van der Waals surface area contributed by atoms with Crippen LogP contribution < -0.4 is 5.73 Å². The Bertz CT molecular complexity index is 3070. The molecule has 0 unspecified atom stereocenters. The lowest BCUT2D eigenvalue weighted by Gasteiger charge is -2.13. The molecule has 11 rings (SSSR count). The Kier molecular flexibility index (Phi) is 6.27. The molecule has 3 aromatic heterocycles. The van der Waals surface area contributed by atoms with Crippen molar-refractivity contribution in [1.82, 2.24) is 9.13 Å². The van der Waals surface area contributed by atoms with Gasteiger partial charge in [-0.05, 0) is 83.4 Å². The Morgan fingerprint density at radius 2 is 0.808 bits per heavy atom. The normalized spacial score (nSPS) is 11.9. The predicted octanol–water partition coefficient (Wildman–Crippen LogP) is 13.2. The fourth-order valence-corrected chi connectivity index (χ4v) is 9.45. The van der Waals surface area contributed by atoms with Crippen LogP contribution in [0.3, 0.4) is 0 Å². The number of nitrogens with two attached hydrogens (primary N) is 1. The van der Waals surface area contributed by atoms with Crippen molar-refractivity contribution >= 4 is 80.8 Å². The Morgan fingerprint density at radius 3 is 1.35 bits per heavy atom. The van der Waals surface area contributed by atoms with E-state index in [1.54, 1.807) is 0 Å². The van der Waals surface area contributed by atoms with E-state index in [1.165, 1.54) is 86.2 Å². The van der Waals surface area contributed by atoms with Crippen LogP contribution in [0.2, 0.25) is 0 Å². The van der Waals surface area contributed by atoms with Crippen LogP contribution >= 0.6 is 11.3 Å². The lowest BCUT2D eigenvalue weighted by molar-refractivity contribution is 1.18. The molecule has 0 amide bonds. The predicted molar refractivity (Wildman–Crippen MR) is 223 cm³/mol. The van der Waals surface area contributed by atoms with Crippen LogP contribution in [0.4, 0.5) is 5.69 Å². The molecule has 0 atom stereocenters. The summed E-state index contributed by atoms with van der Waals surface area (Å²) < 4.78 is 7.43. The Hall–Kier alpha value is -6.62. The van der Waals surface area contributed by atoms with Gasteiger partial charge in [-0.1, -0.05) is 109 Å². The summed E-state index contributed by atoms with van der Waals surface area (Å²) in [4.78, 5) is 0. The minimum Gasteiger partial charge on any atom is -0.399 e. The quantitative estimate of drug-likeness (QED) is 0.184. The molecule has 0 saturated heterocycles. The van der Waals surface area contributed by atoms with Crippen molar-refractivity contribution in [2.75, 3.05) is 5.73 Å². The molecule has 52 heavy (non-hydrogen) atoms. The molecule has 3 heterocycles. The second-order valence-corrected chi connectivity index (χ2v) is 14.6. The summed E-state index contributed by atoms with van der Waals surface area (Å²) in [5.41, 5.74) is 18.7. The number of rotatable bonds is 4. The lowest BCUT2D eigenvalue weighted by Crippen LogP contribution is -1.95. The molecule has 3 nitrogen and oxygen atoms in total. The number of aromatic nitrogens is 2. The number of nitrogen functional groups attached to an aromatic ring is 1. The third-order valence-electron chi connectivity index (χ3n) is 10.7. The molecule has 0 bridgehead atoms. The highest BCUT2D eigenvalue weighted by molar-refractivity contribution is 7.26. The first kappa shape index (κ1) is 29.1. The molecule has 11 aromatic rings. The molecule has 0 saturated carbocycles. The molecule has 2 N–H and O–H groups in total. The number of hydrogen-bond donors (Lipinski definition) is 1. The SMILES string of the molecule is Nc1ccc(-c2ccc(-c3cc(-n4c5ccccc5c5ccccc54)cc4c3sc3ccc(-n5c6ccccc6c6ccccc65)cc34)cc2)cc1. The summed E-state index contributed by atoms with van der Waals surface area (Å²) in [5.74, 6) is 0. The summed E-state index contributed by atoms with van der Waals surface area (Å²) in [6.45, 7) is 0. The molecule has 4 heteroatoms. The number of thiophene rings is 1. The highest BCUT2D eigenvalue weighted by atomic mass is 32.1. The zero-order valence-corrected chi connectivity index (χ0v) is 28.9. The molecule has 0 aliphatic carbocycles. The van der Waals surface area contributed by atoms with E-state index in [1.807, 2.05) is 23.5 Å². The Balaban J connectivity index is 1.19. The zero-order valence-electron chi connectivity index (χ0n) is 28.1. The van der Waals surface area contributed by atoms with Crippen molar-refractivity contribution in [2.45, 2.75) is 0 Å². The average Bonchev–Trinajstić information content (AvgIpc) is 3.85. The van der Waals surface area contributed by atoms with Crippen LogP contribution in [0, 0.1) is 0 Å². The third kappa shape index (κ3) is 4.31. The van der Waals surface area contributed by atoms with E-state index in [4.69, 9.17) is 5.73 Å². The molecular weight excluding hydrogens is 651 g/mol. The summed E-state index contributed by atoms with van der Waals surface area (Å²) >= 11 is 1.88. The molecular formula is C48H31N3S. The first-order chi connectivity index (χ1) is 25.7. The maximum Gasteiger partial charge on any atom is 0.0541 e. The monoisotopic (exact) mass is 681 g/mol. The van der Waals surface area contributed by atoms with Gasteiger partial charge in [0, 0.05) is 64.3 Å². The van der Waals surface area contributed by atoms with Crippen LogP contribution in [-0.4, -0.2) is 9.13 Å². The Morgan fingerprint density at radius 1 is 0.365 bits per heavy atom. The van der Waals surface area contributed by atoms with Gasteiger partial charge in [-0.3, -0.25) is 0 Å². The molecule has 244 valence electrons. The summed E-state index contributed by atoms with van der Waals surface area (Å²) in [5, 5.41) is 7.59. The van der Waals surface area contributed by atoms with Gasteiger partial charge in [0.25, 0.3) is 0 Å². The van der Waals surface area contributed by atoms with Crippen molar-refractivity contribution < 1.29 is 0 Å². The fourth-order valence-electron chi connectivity index (χ4n) is 8.25. The number of anilines is 1. The second-order valence-electron chi connectivity index (χ2n) is 13.6. The standard InChI is InChI=1S/C48H31N3S/c49-33-23-21-31(22-24-33)30-17-19-32(20-18-30)40-28-35(51-45-15-7-3-11-38(45)39-12-4-8-16-46(39)51)29-42-41-27-34(25-26-47(41)52-48(40)42)50-43-13-5-1-9-36(43)37-10-2-6-14-44(37)50/h1-29H,49H2. The number of nitrogens with zero attached hydrogens (tertiary/aromatic N) is 2. The molecule has 0 spiro atoms. The van der Waals surface area contributed by atoms with Gasteiger partial charge >= 0.3 is 0 Å². The smallest absolute Gasteiger partial charge is 0.0541 e. The van der Waals surface area contributed by atoms with Crippen LogP contribution in [-0.2, 0) is 0 Å². The minimum absolute atomic E-state index is 0.774. The van der Waals surface area contributed by atoms with Crippen molar-refractivity contribution in [3.8, 4) is 33.6 Å². The van der Waals surface area contributed by atoms with Crippen molar-refractivity contribution in [2.24, 2.45) is 0 Å². The zero-order chi connectivity index (χ0) is 34.3. The minimum atomic E-state index is 0.774. The van der Waals surface area contributed by atoms with Gasteiger partial charge in [0.15, 0.2) is 0 Å². The van der Waals surface area contributed by atoms with Crippen LogP contribution in [0.15, 0.2) is 176 Å². The number of benzene rings is 8. The number of fused-ring (bicyclic) bond motifs is 9. The molecule has 0 fully saturated rings. The van der Waals surface area contributed by atoms with Gasteiger partial charge in [0.1, 0.15) is 0 Å². The molecule has 0 radical (unpaired) electrons. The van der Waals surface area contributed by atoms with E-state index in [-0.39, 0.29) is 0 Å². The summed E-state index contributed by atoms with van der Waals surface area (Å²) in [7, 11) is 0. The van der Waals surface area contributed by atoms with E-state index < -0.39 is 0 Å². The van der Waals surface area contributed by atoms with Crippen molar-refractivity contribution in [1.29, 1.82) is 0 Å². The third-order valence-corrected chi connectivity index (χ3v) is 11.9. The van der Waals surface area contributed by atoms with Gasteiger partial charge in [0.2, 0.25) is 0 Å². The summed E-state index contributed by atoms with van der Waals surface area (Å²) in [6, 6.07) is 63.9. The highest BCUT2D eigenvalue weighted by Crippen LogP contribution is 2.44. The van der Waals surface area contributed by atoms with Gasteiger partial charge in [-0.2, -0.15) is 0 Å². The fraction of sp³-hybridized carbons (Fsp3) is 0. The lowest BCUT2D eigenvalue weighted by atomic mass is 9.98. The topological polar surface area (TPSA) is 35.9 Å². The van der Waals surface area contributed by atoms with E-state index in [0.717, 1.165) is 16.9 Å². The van der Waals surface area contributed by atoms with Gasteiger partial charge in [0.05, 0.1) is 22.1 Å². The van der Waals surface area contributed by atoms with E-state index in [2.05, 4.69) is 173 Å². The van der Waals surface area contributed by atoms with Crippen LogP contribution in [0.5, 0.6) is 0 Å². The van der Waals surface area contributed by atoms with Crippen LogP contribution in [0.1, 0.15) is 0 Å². The first-order valence-corrected chi connectivity index (χ1v) is 18.4. The second kappa shape index (κ2) is 11.2.